The molecule has 0 heterocycles. The van der Waals surface area contributed by atoms with E-state index < -0.39 is 0 Å². The van der Waals surface area contributed by atoms with Crippen LogP contribution < -0.4 is 0 Å². The van der Waals surface area contributed by atoms with Crippen molar-refractivity contribution in [3.63, 3.8) is 0 Å². The van der Waals surface area contributed by atoms with Gasteiger partial charge in [0.1, 0.15) is 5.82 Å². The Bertz CT molecular complexity index is 233. The van der Waals surface area contributed by atoms with Crippen LogP contribution in [0.1, 0.15) is 12.5 Å². The summed E-state index contributed by atoms with van der Waals surface area (Å²) in [5, 5.41) is 0.255. The van der Waals surface area contributed by atoms with Gasteiger partial charge in [-0.15, -0.1) is 0 Å². The van der Waals surface area contributed by atoms with E-state index >= 15 is 0 Å². The molecule has 1 aromatic carbocycles. The second kappa shape index (κ2) is 3.02. The Morgan fingerprint density at radius 3 is 2.70 bits per heavy atom. The van der Waals surface area contributed by atoms with Crippen LogP contribution in [0.3, 0.4) is 0 Å². The predicted molar refractivity (Wildman–Crippen MR) is 40.8 cm³/mol. The van der Waals surface area contributed by atoms with Gasteiger partial charge in [-0.3, -0.25) is 0 Å². The molecule has 1 rings (SSSR count). The molecule has 0 unspecified atom stereocenters. The lowest BCUT2D eigenvalue weighted by Gasteiger charge is -1.99. The molecule has 0 nitrogen and oxygen atoms in total. The van der Waals surface area contributed by atoms with E-state index in [2.05, 4.69) is 0 Å². The quantitative estimate of drug-likeness (QED) is 0.590. The highest BCUT2D eigenvalue weighted by Crippen LogP contribution is 2.19. The largest absolute Gasteiger partial charge is 0.205 e. The van der Waals surface area contributed by atoms with Crippen molar-refractivity contribution in [3.05, 3.63) is 34.6 Å². The summed E-state index contributed by atoms with van der Waals surface area (Å²) in [6.45, 7) is 1.95. The molecule has 10 heavy (non-hydrogen) atoms. The normalized spacial score (nSPS) is 9.90. The van der Waals surface area contributed by atoms with Gasteiger partial charge in [-0.2, -0.15) is 0 Å². The molecule has 0 aliphatic heterocycles. The molecule has 0 saturated heterocycles. The number of halogens is 2. The highest BCUT2D eigenvalue weighted by atomic mass is 35.5. The molecule has 2 heteroatoms. The van der Waals surface area contributed by atoms with Gasteiger partial charge in [0.15, 0.2) is 0 Å². The van der Waals surface area contributed by atoms with Crippen LogP contribution in [0.5, 0.6) is 0 Å². The third kappa shape index (κ3) is 1.29. The van der Waals surface area contributed by atoms with Crippen molar-refractivity contribution >= 4 is 11.6 Å². The van der Waals surface area contributed by atoms with Crippen molar-refractivity contribution < 1.29 is 4.39 Å². The maximum atomic E-state index is 12.6. The first-order valence-corrected chi connectivity index (χ1v) is 3.56. The van der Waals surface area contributed by atoms with E-state index in [1.807, 2.05) is 13.0 Å². The Hall–Kier alpha value is -0.560. The molecule has 0 aliphatic carbocycles. The first-order valence-electron chi connectivity index (χ1n) is 3.18. The van der Waals surface area contributed by atoms with Crippen LogP contribution >= 0.6 is 11.6 Å². The maximum Gasteiger partial charge on any atom is 0.142 e. The van der Waals surface area contributed by atoms with Crippen LogP contribution in [0.25, 0.3) is 0 Å². The van der Waals surface area contributed by atoms with E-state index in [1.165, 1.54) is 6.07 Å². The van der Waals surface area contributed by atoms with E-state index in [-0.39, 0.29) is 10.8 Å². The molecule has 0 spiro atoms. The van der Waals surface area contributed by atoms with Crippen LogP contribution in [0.2, 0.25) is 5.02 Å². The van der Waals surface area contributed by atoms with Gasteiger partial charge in [0.25, 0.3) is 0 Å². The summed E-state index contributed by atoms with van der Waals surface area (Å²) in [7, 11) is 0. The zero-order chi connectivity index (χ0) is 7.56. The van der Waals surface area contributed by atoms with Crippen molar-refractivity contribution in [2.24, 2.45) is 0 Å². The Kier molecular flexibility index (Phi) is 2.28. The SMILES string of the molecule is CCc1cccc(F)c1Cl. The second-order valence-corrected chi connectivity index (χ2v) is 2.44. The average molecular weight is 159 g/mol. The fraction of sp³-hybridized carbons (Fsp3) is 0.250. The summed E-state index contributed by atoms with van der Waals surface area (Å²) in [6, 6.07) is 4.85. The number of rotatable bonds is 1. The Labute approximate surface area is 64.6 Å². The van der Waals surface area contributed by atoms with Gasteiger partial charge in [-0.25, -0.2) is 4.39 Å². The van der Waals surface area contributed by atoms with Gasteiger partial charge in [0.2, 0.25) is 0 Å². The maximum absolute atomic E-state index is 12.6. The smallest absolute Gasteiger partial charge is 0.142 e. The zero-order valence-electron chi connectivity index (χ0n) is 5.70. The van der Waals surface area contributed by atoms with Gasteiger partial charge >= 0.3 is 0 Å². The molecule has 1 aromatic rings. The summed E-state index contributed by atoms with van der Waals surface area (Å²) >= 11 is 5.62. The number of hydrogen-bond donors (Lipinski definition) is 0. The van der Waals surface area contributed by atoms with E-state index in [4.69, 9.17) is 11.6 Å². The first-order chi connectivity index (χ1) is 4.75. The monoisotopic (exact) mass is 158 g/mol. The van der Waals surface area contributed by atoms with Gasteiger partial charge in [-0.05, 0) is 18.1 Å². The number of aryl methyl sites for hydroxylation is 1. The lowest BCUT2D eigenvalue weighted by atomic mass is 10.2. The third-order valence-corrected chi connectivity index (χ3v) is 1.84. The fourth-order valence-corrected chi connectivity index (χ4v) is 1.08. The Balaban J connectivity index is 3.14. The molecule has 0 aromatic heterocycles. The Morgan fingerprint density at radius 2 is 2.20 bits per heavy atom. The van der Waals surface area contributed by atoms with Crippen LogP contribution in [0.4, 0.5) is 4.39 Å². The zero-order valence-corrected chi connectivity index (χ0v) is 6.45. The van der Waals surface area contributed by atoms with Gasteiger partial charge in [-0.1, -0.05) is 30.7 Å². The summed E-state index contributed by atoms with van der Waals surface area (Å²) in [4.78, 5) is 0. The molecule has 0 fully saturated rings. The number of benzene rings is 1. The van der Waals surface area contributed by atoms with Crippen molar-refractivity contribution in [1.82, 2.24) is 0 Å². The molecule has 0 bridgehead atoms. The van der Waals surface area contributed by atoms with Crippen LogP contribution in [0, 0.1) is 5.82 Å². The molecular weight excluding hydrogens is 151 g/mol. The molecule has 0 amide bonds. The lowest BCUT2D eigenvalue weighted by Crippen LogP contribution is -1.84. The van der Waals surface area contributed by atoms with Gasteiger partial charge in [0, 0.05) is 0 Å². The second-order valence-electron chi connectivity index (χ2n) is 2.07. The molecule has 0 atom stereocenters. The van der Waals surface area contributed by atoms with Gasteiger partial charge in [0.05, 0.1) is 5.02 Å². The summed E-state index contributed by atoms with van der Waals surface area (Å²) in [5.41, 5.74) is 0.863. The minimum absolute atomic E-state index is 0.255. The van der Waals surface area contributed by atoms with E-state index in [1.54, 1.807) is 6.07 Å². The minimum atomic E-state index is -0.332. The summed E-state index contributed by atoms with van der Waals surface area (Å²) in [5.74, 6) is -0.332. The third-order valence-electron chi connectivity index (χ3n) is 1.41. The van der Waals surface area contributed by atoms with Crippen molar-refractivity contribution in [3.8, 4) is 0 Å². The number of hydrogen-bond acceptors (Lipinski definition) is 0. The minimum Gasteiger partial charge on any atom is -0.205 e. The van der Waals surface area contributed by atoms with E-state index in [0.717, 1.165) is 12.0 Å². The van der Waals surface area contributed by atoms with Crippen molar-refractivity contribution in [2.45, 2.75) is 13.3 Å². The molecule has 0 aliphatic rings. The van der Waals surface area contributed by atoms with Crippen molar-refractivity contribution in [1.29, 1.82) is 0 Å². The highest BCUT2D eigenvalue weighted by Gasteiger charge is 2.01. The first kappa shape index (κ1) is 7.55. The van der Waals surface area contributed by atoms with Crippen LogP contribution in [-0.4, -0.2) is 0 Å². The average Bonchev–Trinajstić information content (AvgIpc) is 1.95. The fourth-order valence-electron chi connectivity index (χ4n) is 0.822. The van der Waals surface area contributed by atoms with E-state index in [0.29, 0.717) is 0 Å². The molecular formula is C8H8ClF. The molecule has 54 valence electrons. The summed E-state index contributed by atoms with van der Waals surface area (Å²) in [6.07, 6.45) is 0.774. The summed E-state index contributed by atoms with van der Waals surface area (Å²) < 4.78 is 12.6. The lowest BCUT2D eigenvalue weighted by molar-refractivity contribution is 0.626. The molecule has 0 N–H and O–H groups in total. The highest BCUT2D eigenvalue weighted by molar-refractivity contribution is 6.31. The topological polar surface area (TPSA) is 0 Å². The standard InChI is InChI=1S/C8H8ClF/c1-2-6-4-3-5-7(10)8(6)9/h3-5H,2H2,1H3. The van der Waals surface area contributed by atoms with E-state index in [9.17, 15) is 4.39 Å². The van der Waals surface area contributed by atoms with Crippen LogP contribution in [0.15, 0.2) is 18.2 Å². The van der Waals surface area contributed by atoms with Crippen LogP contribution in [-0.2, 0) is 6.42 Å². The predicted octanol–water partition coefficient (Wildman–Crippen LogP) is 3.04. The van der Waals surface area contributed by atoms with Crippen molar-refractivity contribution in [2.75, 3.05) is 0 Å². The molecule has 0 saturated carbocycles. The Morgan fingerprint density at radius 1 is 1.50 bits per heavy atom. The van der Waals surface area contributed by atoms with Gasteiger partial charge < -0.3 is 0 Å². The molecule has 0 radical (unpaired) electrons.